The molecular formula is C22H19Cl2F2N3. The Labute approximate surface area is 178 Å². The first-order chi connectivity index (χ1) is 13.9. The van der Waals surface area contributed by atoms with Crippen LogP contribution in [0.2, 0.25) is 10.0 Å². The van der Waals surface area contributed by atoms with Crippen molar-refractivity contribution in [1.29, 1.82) is 5.26 Å². The number of anilines is 1. The van der Waals surface area contributed by atoms with E-state index < -0.39 is 17.3 Å². The number of hydrogen-bond donors (Lipinski definition) is 1. The molecule has 1 N–H and O–H groups in total. The van der Waals surface area contributed by atoms with Crippen molar-refractivity contribution < 1.29 is 8.78 Å². The fourth-order valence-electron chi connectivity index (χ4n) is 4.52. The van der Waals surface area contributed by atoms with E-state index in [1.165, 1.54) is 18.2 Å². The number of allylic oxidation sites excluding steroid dienone is 1. The summed E-state index contributed by atoms with van der Waals surface area (Å²) in [5.41, 5.74) is 0.816. The van der Waals surface area contributed by atoms with Crippen LogP contribution in [0.4, 0.5) is 14.5 Å². The van der Waals surface area contributed by atoms with Gasteiger partial charge in [-0.2, -0.15) is 5.26 Å². The zero-order valence-electron chi connectivity index (χ0n) is 15.8. The second-order valence-corrected chi connectivity index (χ2v) is 8.44. The topological polar surface area (TPSA) is 39.1 Å². The van der Waals surface area contributed by atoms with Crippen molar-refractivity contribution in [3.63, 3.8) is 0 Å². The number of nitrogens with one attached hydrogen (secondary N) is 1. The number of halogens is 4. The molecule has 1 unspecified atom stereocenters. The van der Waals surface area contributed by atoms with Crippen molar-refractivity contribution in [3.8, 4) is 6.07 Å². The molecule has 1 heterocycles. The van der Waals surface area contributed by atoms with Gasteiger partial charge in [-0.15, -0.1) is 0 Å². The normalized spacial score (nSPS) is 22.1. The van der Waals surface area contributed by atoms with E-state index in [0.29, 0.717) is 17.0 Å². The molecule has 1 saturated carbocycles. The van der Waals surface area contributed by atoms with Crippen molar-refractivity contribution in [2.75, 3.05) is 4.90 Å². The van der Waals surface area contributed by atoms with E-state index in [1.807, 2.05) is 6.92 Å². The Balaban J connectivity index is 1.96. The Bertz CT molecular complexity index is 1040. The van der Waals surface area contributed by atoms with Gasteiger partial charge in [0, 0.05) is 11.5 Å². The van der Waals surface area contributed by atoms with Crippen LogP contribution in [-0.4, -0.2) is 5.66 Å². The summed E-state index contributed by atoms with van der Waals surface area (Å²) in [6, 6.07) is 11.3. The fraction of sp³-hybridized carbons (Fsp3) is 0.318. The number of nitriles is 1. The average molecular weight is 434 g/mol. The third-order valence-corrected chi connectivity index (χ3v) is 6.51. The summed E-state index contributed by atoms with van der Waals surface area (Å²) >= 11 is 12.1. The molecule has 2 aliphatic rings. The smallest absolute Gasteiger partial charge is 0.165 e. The van der Waals surface area contributed by atoms with Crippen LogP contribution in [0.5, 0.6) is 0 Å². The molecule has 3 nitrogen and oxygen atoms in total. The summed E-state index contributed by atoms with van der Waals surface area (Å²) in [6.45, 7) is 1.97. The summed E-state index contributed by atoms with van der Waals surface area (Å²) in [6.07, 6.45) is 4.07. The lowest BCUT2D eigenvalue weighted by Crippen LogP contribution is -2.55. The Hall–Kier alpha value is -2.29. The molecule has 0 bridgehead atoms. The van der Waals surface area contributed by atoms with Gasteiger partial charge < -0.3 is 10.2 Å². The van der Waals surface area contributed by atoms with E-state index in [4.69, 9.17) is 23.2 Å². The maximum atomic E-state index is 15.2. The molecule has 0 saturated heterocycles. The monoisotopic (exact) mass is 433 g/mol. The molecule has 29 heavy (non-hydrogen) atoms. The van der Waals surface area contributed by atoms with E-state index in [1.54, 1.807) is 23.1 Å². The molecule has 1 aliphatic carbocycles. The molecule has 7 heteroatoms. The second-order valence-electron chi connectivity index (χ2n) is 7.63. The van der Waals surface area contributed by atoms with E-state index in [-0.39, 0.29) is 21.7 Å². The molecule has 1 fully saturated rings. The minimum Gasteiger partial charge on any atom is -0.352 e. The van der Waals surface area contributed by atoms with Crippen molar-refractivity contribution in [3.05, 3.63) is 69.3 Å². The molecule has 0 aromatic heterocycles. The molecule has 0 spiro atoms. The highest BCUT2D eigenvalue weighted by Crippen LogP contribution is 2.48. The van der Waals surface area contributed by atoms with Gasteiger partial charge in [-0.25, -0.2) is 8.78 Å². The lowest BCUT2D eigenvalue weighted by Gasteiger charge is -2.43. The third kappa shape index (κ3) is 3.25. The minimum absolute atomic E-state index is 0.00170. The molecule has 0 radical (unpaired) electrons. The van der Waals surface area contributed by atoms with Gasteiger partial charge in [0.2, 0.25) is 0 Å². The summed E-state index contributed by atoms with van der Waals surface area (Å²) < 4.78 is 28.9. The van der Waals surface area contributed by atoms with Gasteiger partial charge in [0.25, 0.3) is 0 Å². The SMILES string of the molecule is CC1(C2CCCC2)NC(C#N)=C(c2ccc(F)c(Cl)c2)N1c1cccc(Cl)c1F. The molecule has 150 valence electrons. The Kier molecular flexibility index (Phi) is 5.18. The van der Waals surface area contributed by atoms with Gasteiger partial charge in [-0.1, -0.05) is 42.1 Å². The van der Waals surface area contributed by atoms with Gasteiger partial charge in [0.05, 0.1) is 21.4 Å². The highest BCUT2D eigenvalue weighted by atomic mass is 35.5. The quantitative estimate of drug-likeness (QED) is 0.601. The number of benzene rings is 2. The maximum absolute atomic E-state index is 15.2. The van der Waals surface area contributed by atoms with Crippen molar-refractivity contribution in [2.24, 2.45) is 5.92 Å². The summed E-state index contributed by atoms with van der Waals surface area (Å²) in [4.78, 5) is 1.80. The standard InChI is InChI=1S/C22H19Cl2F2N3/c1-22(14-5-2-3-6-14)28-18(12-27)21(13-9-10-17(25)16(24)11-13)29(22)19-8-4-7-15(23)20(19)26/h4,7-11,14,28H,2-3,5-6H2,1H3. The van der Waals surface area contributed by atoms with Gasteiger partial charge in [0.1, 0.15) is 23.2 Å². The maximum Gasteiger partial charge on any atom is 0.165 e. The lowest BCUT2D eigenvalue weighted by molar-refractivity contribution is 0.273. The summed E-state index contributed by atoms with van der Waals surface area (Å²) in [5.74, 6) is -0.928. The first-order valence-electron chi connectivity index (χ1n) is 9.49. The molecular weight excluding hydrogens is 415 g/mol. The Morgan fingerprint density at radius 2 is 1.86 bits per heavy atom. The van der Waals surface area contributed by atoms with Gasteiger partial charge >= 0.3 is 0 Å². The fourth-order valence-corrected chi connectivity index (χ4v) is 4.87. The van der Waals surface area contributed by atoms with Crippen LogP contribution in [-0.2, 0) is 0 Å². The van der Waals surface area contributed by atoms with E-state index in [9.17, 15) is 9.65 Å². The molecule has 2 aromatic rings. The zero-order chi connectivity index (χ0) is 20.8. The zero-order valence-corrected chi connectivity index (χ0v) is 17.3. The minimum atomic E-state index is -0.733. The average Bonchev–Trinajstić information content (AvgIpc) is 3.34. The second kappa shape index (κ2) is 7.51. The summed E-state index contributed by atoms with van der Waals surface area (Å²) in [5, 5.41) is 13.1. The predicted molar refractivity (Wildman–Crippen MR) is 111 cm³/mol. The lowest BCUT2D eigenvalue weighted by atomic mass is 9.90. The number of nitrogens with zero attached hydrogens (tertiary/aromatic N) is 2. The van der Waals surface area contributed by atoms with E-state index in [2.05, 4.69) is 11.4 Å². The van der Waals surface area contributed by atoms with Crippen LogP contribution in [0.15, 0.2) is 42.1 Å². The van der Waals surface area contributed by atoms with Crippen LogP contribution in [0.3, 0.4) is 0 Å². The van der Waals surface area contributed by atoms with Crippen LogP contribution in [0.1, 0.15) is 38.2 Å². The Morgan fingerprint density at radius 1 is 1.14 bits per heavy atom. The molecule has 1 atom stereocenters. The van der Waals surface area contributed by atoms with Crippen LogP contribution in [0, 0.1) is 28.9 Å². The Morgan fingerprint density at radius 3 is 2.52 bits per heavy atom. The van der Waals surface area contributed by atoms with Gasteiger partial charge in [0.15, 0.2) is 5.82 Å². The third-order valence-electron chi connectivity index (χ3n) is 5.93. The molecule has 2 aromatic carbocycles. The van der Waals surface area contributed by atoms with E-state index >= 15 is 4.39 Å². The number of hydrogen-bond acceptors (Lipinski definition) is 3. The first-order valence-corrected chi connectivity index (χ1v) is 10.2. The first kappa shape index (κ1) is 20.0. The van der Waals surface area contributed by atoms with Crippen LogP contribution < -0.4 is 10.2 Å². The highest BCUT2D eigenvalue weighted by molar-refractivity contribution is 6.31. The van der Waals surface area contributed by atoms with Crippen LogP contribution >= 0.6 is 23.2 Å². The van der Waals surface area contributed by atoms with E-state index in [0.717, 1.165) is 25.7 Å². The van der Waals surface area contributed by atoms with Gasteiger partial charge in [-0.3, -0.25) is 0 Å². The predicted octanol–water partition coefficient (Wildman–Crippen LogP) is 6.48. The molecule has 4 rings (SSSR count). The van der Waals surface area contributed by atoms with Gasteiger partial charge in [-0.05, 0) is 50.1 Å². The largest absolute Gasteiger partial charge is 0.352 e. The van der Waals surface area contributed by atoms with Crippen molar-refractivity contribution in [2.45, 2.75) is 38.3 Å². The van der Waals surface area contributed by atoms with Crippen LogP contribution in [0.25, 0.3) is 5.70 Å². The highest BCUT2D eigenvalue weighted by Gasteiger charge is 2.49. The van der Waals surface area contributed by atoms with Crippen molar-refractivity contribution in [1.82, 2.24) is 5.32 Å². The van der Waals surface area contributed by atoms with Crippen molar-refractivity contribution >= 4 is 34.6 Å². The molecule has 1 aliphatic heterocycles. The summed E-state index contributed by atoms with van der Waals surface area (Å²) in [7, 11) is 0. The molecule has 0 amide bonds. The number of rotatable bonds is 3.